The summed E-state index contributed by atoms with van der Waals surface area (Å²) in [5, 5.41) is 7.66. The average molecular weight is 712 g/mol. The van der Waals surface area contributed by atoms with E-state index in [-0.39, 0.29) is 0 Å². The van der Waals surface area contributed by atoms with Crippen LogP contribution in [-0.4, -0.2) is 4.57 Å². The summed E-state index contributed by atoms with van der Waals surface area (Å²) in [7, 11) is 0. The van der Waals surface area contributed by atoms with Crippen molar-refractivity contribution in [3.8, 4) is 39.1 Å². The molecule has 9 aromatic carbocycles. The summed E-state index contributed by atoms with van der Waals surface area (Å²) in [5.41, 5.74) is 18.9. The van der Waals surface area contributed by atoms with Crippen LogP contribution in [0.2, 0.25) is 0 Å². The summed E-state index contributed by atoms with van der Waals surface area (Å²) in [6.45, 7) is 4.46. The highest BCUT2D eigenvalue weighted by molar-refractivity contribution is 6.14. The molecule has 0 amide bonds. The van der Waals surface area contributed by atoms with E-state index in [4.69, 9.17) is 0 Å². The minimum Gasteiger partial charge on any atom is -0.309 e. The number of aromatic nitrogens is 1. The van der Waals surface area contributed by atoms with Crippen LogP contribution in [0.5, 0.6) is 0 Å². The van der Waals surface area contributed by atoms with E-state index in [2.05, 4.69) is 206 Å². The number of allylic oxidation sites excluding steroid dienone is 1. The molecule has 1 spiro atoms. The van der Waals surface area contributed by atoms with E-state index >= 15 is 0 Å². The Morgan fingerprint density at radius 3 is 1.95 bits per heavy atom. The summed E-state index contributed by atoms with van der Waals surface area (Å²) in [6.07, 6.45) is 4.51. The second-order valence-corrected chi connectivity index (χ2v) is 15.5. The van der Waals surface area contributed by atoms with E-state index in [0.29, 0.717) is 0 Å². The number of para-hydroxylation sites is 3. The molecule has 0 N–H and O–H groups in total. The summed E-state index contributed by atoms with van der Waals surface area (Å²) in [5.74, 6) is 0. The van der Waals surface area contributed by atoms with Crippen molar-refractivity contribution in [3.63, 3.8) is 0 Å². The van der Waals surface area contributed by atoms with Crippen molar-refractivity contribution in [2.45, 2.75) is 19.3 Å². The first kappa shape index (κ1) is 31.4. The van der Waals surface area contributed by atoms with Gasteiger partial charge in [-0.25, -0.2) is 0 Å². The molecule has 0 radical (unpaired) electrons. The number of hydrogen-bond acceptors (Lipinski definition) is 0. The lowest BCUT2D eigenvalue weighted by Crippen LogP contribution is -2.33. The topological polar surface area (TPSA) is 4.93 Å². The molecule has 1 atom stereocenters. The fourth-order valence-corrected chi connectivity index (χ4v) is 10.7. The van der Waals surface area contributed by atoms with Crippen molar-refractivity contribution in [2.24, 2.45) is 0 Å². The van der Waals surface area contributed by atoms with Crippen molar-refractivity contribution in [1.29, 1.82) is 0 Å². The maximum Gasteiger partial charge on any atom is 0.0754 e. The molecule has 1 heteroatoms. The number of fused-ring (bicyclic) bond motifs is 14. The minimum atomic E-state index is -0.497. The zero-order valence-corrected chi connectivity index (χ0v) is 31.3. The monoisotopic (exact) mass is 711 g/mol. The maximum atomic E-state index is 2.55. The Hall–Kier alpha value is -6.96. The van der Waals surface area contributed by atoms with Crippen molar-refractivity contribution < 1.29 is 0 Å². The van der Waals surface area contributed by atoms with Crippen LogP contribution in [0.15, 0.2) is 182 Å². The highest BCUT2D eigenvalue weighted by Crippen LogP contribution is 2.61. The first-order chi connectivity index (χ1) is 27.7. The Morgan fingerprint density at radius 2 is 1.09 bits per heavy atom. The summed E-state index contributed by atoms with van der Waals surface area (Å²) in [6, 6.07) is 66.2. The summed E-state index contributed by atoms with van der Waals surface area (Å²) < 4.78 is 2.53. The molecule has 1 unspecified atom stereocenters. The normalized spacial score (nSPS) is 15.3. The number of rotatable bonds is 3. The largest absolute Gasteiger partial charge is 0.309 e. The third-order valence-corrected chi connectivity index (χ3v) is 12.9. The Balaban J connectivity index is 1.19. The van der Waals surface area contributed by atoms with Crippen LogP contribution in [0.3, 0.4) is 0 Å². The van der Waals surface area contributed by atoms with Gasteiger partial charge in [-0.2, -0.15) is 0 Å². The standard InChI is InChI=1S/C55H37N/c1-3-15-39-34(2)52(43-20-6-7-21-44(43)53(39)37-29-28-35-16-4-5-17-36(35)32-37)38-30-31-41-40-18-8-10-23-46(40)55(49(41)33-38)47-24-11-13-27-51(47)56-50-26-12-9-19-42(50)45-22-14-25-48(55)54(45)56/h3-33H,1-2H3/b15-3-. The van der Waals surface area contributed by atoms with Crippen LogP contribution in [0.25, 0.3) is 88.5 Å². The third kappa shape index (κ3) is 3.94. The second-order valence-electron chi connectivity index (χ2n) is 15.5. The summed E-state index contributed by atoms with van der Waals surface area (Å²) in [4.78, 5) is 0. The van der Waals surface area contributed by atoms with Crippen molar-refractivity contribution >= 4 is 49.4 Å². The van der Waals surface area contributed by atoms with Crippen LogP contribution >= 0.6 is 0 Å². The van der Waals surface area contributed by atoms with Crippen LogP contribution in [-0.2, 0) is 5.41 Å². The molecule has 12 rings (SSSR count). The van der Waals surface area contributed by atoms with Gasteiger partial charge in [0, 0.05) is 10.8 Å². The highest BCUT2D eigenvalue weighted by Gasteiger charge is 2.50. The van der Waals surface area contributed by atoms with Gasteiger partial charge in [0.1, 0.15) is 0 Å². The zero-order chi connectivity index (χ0) is 37.1. The predicted molar refractivity (Wildman–Crippen MR) is 237 cm³/mol. The van der Waals surface area contributed by atoms with Crippen molar-refractivity contribution in [2.75, 3.05) is 0 Å². The van der Waals surface area contributed by atoms with Gasteiger partial charge in [0.2, 0.25) is 0 Å². The van der Waals surface area contributed by atoms with Gasteiger partial charge < -0.3 is 4.57 Å². The van der Waals surface area contributed by atoms with Gasteiger partial charge >= 0.3 is 0 Å². The summed E-state index contributed by atoms with van der Waals surface area (Å²) >= 11 is 0. The van der Waals surface area contributed by atoms with Crippen molar-refractivity contribution in [1.82, 2.24) is 4.57 Å². The van der Waals surface area contributed by atoms with Gasteiger partial charge in [0.15, 0.2) is 0 Å². The van der Waals surface area contributed by atoms with E-state index in [0.717, 1.165) is 0 Å². The smallest absolute Gasteiger partial charge is 0.0754 e. The van der Waals surface area contributed by atoms with Crippen LogP contribution in [0, 0.1) is 6.92 Å². The highest BCUT2D eigenvalue weighted by atomic mass is 15.0. The minimum absolute atomic E-state index is 0.497. The first-order valence-electron chi connectivity index (χ1n) is 19.7. The SMILES string of the molecule is C/C=C\c1c(C)c(-c2ccc3c(c2)C2(c4ccccc4-3)c3ccccc3-n3c4ccccc4c4cccc2c43)c2ccccc2c1-c1ccc2ccccc2c1. The van der Waals surface area contributed by atoms with Crippen molar-refractivity contribution in [3.05, 3.63) is 215 Å². The number of hydrogen-bond donors (Lipinski definition) is 0. The molecule has 10 aromatic rings. The molecule has 262 valence electrons. The molecule has 56 heavy (non-hydrogen) atoms. The van der Waals surface area contributed by atoms with E-state index in [1.807, 2.05) is 0 Å². The fraction of sp³-hybridized carbons (Fsp3) is 0.0545. The van der Waals surface area contributed by atoms with Gasteiger partial charge in [-0.05, 0) is 126 Å². The lowest BCUT2D eigenvalue weighted by atomic mass is 9.65. The quantitative estimate of drug-likeness (QED) is 0.172. The Labute approximate surface area is 326 Å². The maximum absolute atomic E-state index is 2.55. The average Bonchev–Trinajstić information content (AvgIpc) is 3.74. The van der Waals surface area contributed by atoms with Crippen LogP contribution < -0.4 is 0 Å². The molecule has 1 aromatic heterocycles. The van der Waals surface area contributed by atoms with Gasteiger partial charge in [-0.15, -0.1) is 0 Å². The Kier molecular flexibility index (Phi) is 6.46. The van der Waals surface area contributed by atoms with Gasteiger partial charge in [0.25, 0.3) is 0 Å². The third-order valence-electron chi connectivity index (χ3n) is 12.9. The molecule has 1 aliphatic heterocycles. The van der Waals surface area contributed by atoms with Gasteiger partial charge in [0.05, 0.1) is 22.1 Å². The van der Waals surface area contributed by atoms with Crippen LogP contribution in [0.4, 0.5) is 0 Å². The van der Waals surface area contributed by atoms with E-state index in [1.54, 1.807) is 0 Å². The van der Waals surface area contributed by atoms with Gasteiger partial charge in [-0.3, -0.25) is 0 Å². The molecule has 0 saturated carbocycles. The second kappa shape index (κ2) is 11.5. The number of benzene rings is 9. The first-order valence-corrected chi connectivity index (χ1v) is 19.7. The molecular weight excluding hydrogens is 675 g/mol. The molecule has 1 aliphatic carbocycles. The number of nitrogens with zero attached hydrogens (tertiary/aromatic N) is 1. The molecule has 2 aliphatic rings. The Morgan fingerprint density at radius 1 is 0.464 bits per heavy atom. The van der Waals surface area contributed by atoms with E-state index in [9.17, 15) is 0 Å². The molecule has 2 heterocycles. The van der Waals surface area contributed by atoms with Crippen LogP contribution in [0.1, 0.15) is 40.3 Å². The Bertz CT molecular complexity index is 3340. The lowest BCUT2D eigenvalue weighted by Gasteiger charge is -2.39. The molecule has 0 saturated heterocycles. The van der Waals surface area contributed by atoms with E-state index in [1.165, 1.54) is 116 Å². The van der Waals surface area contributed by atoms with Gasteiger partial charge in [-0.1, -0.05) is 164 Å². The van der Waals surface area contributed by atoms with E-state index < -0.39 is 5.41 Å². The zero-order valence-electron chi connectivity index (χ0n) is 31.3. The fourth-order valence-electron chi connectivity index (χ4n) is 10.7. The lowest BCUT2D eigenvalue weighted by molar-refractivity contribution is 0.749. The molecule has 1 nitrogen and oxygen atoms in total. The predicted octanol–water partition coefficient (Wildman–Crippen LogP) is 14.4. The molecule has 0 fully saturated rings. The molecular formula is C55H37N. The molecule has 0 bridgehead atoms.